The first-order valence-electron chi connectivity index (χ1n) is 10.4. The van der Waals surface area contributed by atoms with E-state index in [4.69, 9.17) is 4.42 Å². The molecular weight excluding hydrogens is 460 g/mol. The topological polar surface area (TPSA) is 54.3 Å². The van der Waals surface area contributed by atoms with Crippen LogP contribution in [0.2, 0.25) is 0 Å². The van der Waals surface area contributed by atoms with Crippen molar-refractivity contribution in [3.63, 3.8) is 0 Å². The zero-order valence-electron chi connectivity index (χ0n) is 17.3. The molecule has 0 bridgehead atoms. The summed E-state index contributed by atoms with van der Waals surface area (Å²) < 4.78 is 7.12. The van der Waals surface area contributed by atoms with E-state index in [0.29, 0.717) is 11.7 Å². The highest BCUT2D eigenvalue weighted by molar-refractivity contribution is 9.10. The number of anilines is 1. The number of nitrogens with one attached hydrogen (secondary N) is 2. The molecule has 2 atom stereocenters. The first kappa shape index (κ1) is 19.9. The Bertz CT molecular complexity index is 1110. The molecule has 156 valence electrons. The fraction of sp³-hybridized carbons (Fsp3) is 0.375. The lowest BCUT2D eigenvalue weighted by molar-refractivity contribution is 0.0930. The molecule has 1 aromatic carbocycles. The van der Waals surface area contributed by atoms with Gasteiger partial charge < -0.3 is 15.1 Å². The fourth-order valence-corrected chi connectivity index (χ4v) is 6.07. The van der Waals surface area contributed by atoms with Crippen LogP contribution in [0.3, 0.4) is 0 Å². The Morgan fingerprint density at radius 1 is 1.10 bits per heavy atom. The molecule has 6 heteroatoms. The van der Waals surface area contributed by atoms with Crippen LogP contribution in [0.5, 0.6) is 0 Å². The number of benzene rings is 1. The summed E-state index contributed by atoms with van der Waals surface area (Å²) in [4.78, 5) is 14.4. The molecule has 4 nitrogen and oxygen atoms in total. The van der Waals surface area contributed by atoms with Gasteiger partial charge in [0.05, 0.1) is 5.56 Å². The van der Waals surface area contributed by atoms with Gasteiger partial charge in [0, 0.05) is 14.9 Å². The number of hydrogen-bond acceptors (Lipinski definition) is 4. The molecule has 0 spiro atoms. The number of hydrogen-bond donors (Lipinski definition) is 2. The van der Waals surface area contributed by atoms with E-state index in [0.717, 1.165) is 45.6 Å². The first-order chi connectivity index (χ1) is 14.3. The number of fused-ring (bicyclic) bond motifs is 3. The van der Waals surface area contributed by atoms with Gasteiger partial charge in [-0.25, -0.2) is 0 Å². The molecule has 3 heterocycles. The second kappa shape index (κ2) is 7.27. The van der Waals surface area contributed by atoms with E-state index in [1.54, 1.807) is 11.3 Å². The Hall–Kier alpha value is -2.05. The third-order valence-electron chi connectivity index (χ3n) is 6.31. The predicted octanol–water partition coefficient (Wildman–Crippen LogP) is 6.78. The molecular formula is C24H25BrN2O2S. The number of thiophene rings is 1. The van der Waals surface area contributed by atoms with Crippen molar-refractivity contribution in [3.8, 4) is 11.3 Å². The van der Waals surface area contributed by atoms with Gasteiger partial charge in [-0.2, -0.15) is 0 Å². The quantitative estimate of drug-likeness (QED) is 0.421. The lowest BCUT2D eigenvalue weighted by Crippen LogP contribution is -2.38. The van der Waals surface area contributed by atoms with Crippen molar-refractivity contribution < 1.29 is 9.21 Å². The van der Waals surface area contributed by atoms with Gasteiger partial charge >= 0.3 is 0 Å². The number of furan rings is 1. The molecule has 2 aliphatic rings. The van der Waals surface area contributed by atoms with Gasteiger partial charge in [-0.3, -0.25) is 4.79 Å². The van der Waals surface area contributed by atoms with E-state index in [2.05, 4.69) is 47.3 Å². The predicted molar refractivity (Wildman–Crippen MR) is 125 cm³/mol. The highest BCUT2D eigenvalue weighted by Gasteiger charge is 2.37. The zero-order chi connectivity index (χ0) is 21.0. The van der Waals surface area contributed by atoms with Gasteiger partial charge in [-0.1, -0.05) is 48.8 Å². The van der Waals surface area contributed by atoms with Crippen LogP contribution in [0.25, 0.3) is 11.3 Å². The van der Waals surface area contributed by atoms with Gasteiger partial charge in [0.25, 0.3) is 5.91 Å². The Morgan fingerprint density at radius 2 is 1.87 bits per heavy atom. The van der Waals surface area contributed by atoms with Gasteiger partial charge in [0.1, 0.15) is 16.5 Å². The third kappa shape index (κ3) is 3.50. The third-order valence-corrected chi connectivity index (χ3v) is 8.02. The monoisotopic (exact) mass is 484 g/mol. The second-order valence-corrected chi connectivity index (χ2v) is 11.3. The molecule has 0 radical (unpaired) electrons. The van der Waals surface area contributed by atoms with Crippen molar-refractivity contribution in [1.29, 1.82) is 0 Å². The summed E-state index contributed by atoms with van der Waals surface area (Å²) >= 11 is 5.20. The smallest absolute Gasteiger partial charge is 0.256 e. The van der Waals surface area contributed by atoms with Crippen molar-refractivity contribution in [1.82, 2.24) is 5.32 Å². The van der Waals surface area contributed by atoms with Crippen molar-refractivity contribution >= 4 is 38.2 Å². The molecule has 3 aromatic rings. The minimum Gasteiger partial charge on any atom is -0.457 e. The lowest BCUT2D eigenvalue weighted by Gasteiger charge is -2.34. The maximum Gasteiger partial charge on any atom is 0.256 e. The largest absolute Gasteiger partial charge is 0.457 e. The maximum absolute atomic E-state index is 13.0. The molecule has 1 aliphatic carbocycles. The molecule has 30 heavy (non-hydrogen) atoms. The molecule has 0 saturated heterocycles. The summed E-state index contributed by atoms with van der Waals surface area (Å²) in [6.45, 7) is 6.95. The van der Waals surface area contributed by atoms with Gasteiger partial charge in [-0.15, -0.1) is 11.3 Å². The number of amides is 1. The minimum atomic E-state index is -0.354. The number of rotatable bonds is 2. The molecule has 2 N–H and O–H groups in total. The van der Waals surface area contributed by atoms with E-state index < -0.39 is 0 Å². The minimum absolute atomic E-state index is 0.00190. The maximum atomic E-state index is 13.0. The number of carbonyl (C=O) groups is 1. The molecule has 0 fully saturated rings. The van der Waals surface area contributed by atoms with Crippen LogP contribution in [0.4, 0.5) is 5.00 Å². The van der Waals surface area contributed by atoms with E-state index in [9.17, 15) is 4.79 Å². The van der Waals surface area contributed by atoms with E-state index >= 15 is 0 Å². The molecule has 0 unspecified atom stereocenters. The Kier molecular flexibility index (Phi) is 4.82. The van der Waals surface area contributed by atoms with Crippen molar-refractivity contribution in [3.05, 3.63) is 62.6 Å². The van der Waals surface area contributed by atoms with Crippen LogP contribution in [0, 0.1) is 11.3 Å². The van der Waals surface area contributed by atoms with E-state index in [1.165, 1.54) is 10.4 Å². The molecule has 2 aromatic heterocycles. The molecule has 0 saturated carbocycles. The van der Waals surface area contributed by atoms with Crippen LogP contribution in [-0.2, 0) is 12.8 Å². The van der Waals surface area contributed by atoms with Gasteiger partial charge in [0.2, 0.25) is 0 Å². The summed E-state index contributed by atoms with van der Waals surface area (Å²) in [7, 11) is 0. The summed E-state index contributed by atoms with van der Waals surface area (Å²) in [5.41, 5.74) is 3.39. The van der Waals surface area contributed by atoms with Crippen LogP contribution in [0.1, 0.15) is 59.9 Å². The van der Waals surface area contributed by atoms with Crippen LogP contribution >= 0.6 is 27.3 Å². The van der Waals surface area contributed by atoms with Crippen LogP contribution < -0.4 is 10.6 Å². The molecule has 1 aliphatic heterocycles. The number of halogens is 1. The average Bonchev–Trinajstić information content (AvgIpc) is 3.32. The highest BCUT2D eigenvalue weighted by atomic mass is 79.9. The van der Waals surface area contributed by atoms with Crippen LogP contribution in [-0.4, -0.2) is 5.91 Å². The van der Waals surface area contributed by atoms with Crippen molar-refractivity contribution in [2.24, 2.45) is 11.3 Å². The van der Waals surface area contributed by atoms with Crippen LogP contribution in [0.15, 0.2) is 45.3 Å². The summed E-state index contributed by atoms with van der Waals surface area (Å²) in [5, 5.41) is 7.59. The van der Waals surface area contributed by atoms with Gasteiger partial charge in [-0.05, 0) is 60.4 Å². The van der Waals surface area contributed by atoms with E-state index in [-0.39, 0.29) is 17.5 Å². The summed E-state index contributed by atoms with van der Waals surface area (Å²) in [6.07, 6.45) is 2.83. The van der Waals surface area contributed by atoms with Crippen molar-refractivity contribution in [2.75, 3.05) is 5.32 Å². The zero-order valence-corrected chi connectivity index (χ0v) is 19.7. The first-order valence-corrected chi connectivity index (χ1v) is 12.0. The SMILES string of the molecule is CC(C)(C)[C@H]1CCc2c(sc3c2C(=O)N[C@@H](c2ccc(-c4ccc(Br)cc4)o2)N3)C1. The second-order valence-electron chi connectivity index (χ2n) is 9.27. The fourth-order valence-electron chi connectivity index (χ4n) is 4.46. The lowest BCUT2D eigenvalue weighted by atomic mass is 9.72. The summed E-state index contributed by atoms with van der Waals surface area (Å²) in [5.74, 6) is 2.16. The highest BCUT2D eigenvalue weighted by Crippen LogP contribution is 2.46. The van der Waals surface area contributed by atoms with Crippen molar-refractivity contribution in [2.45, 2.75) is 46.2 Å². The van der Waals surface area contributed by atoms with E-state index in [1.807, 2.05) is 36.4 Å². The van der Waals surface area contributed by atoms with Gasteiger partial charge in [0.15, 0.2) is 6.17 Å². The number of carbonyl (C=O) groups excluding carboxylic acids is 1. The average molecular weight is 485 g/mol. The normalized spacial score (nSPS) is 20.9. The molecule has 1 amide bonds. The Morgan fingerprint density at radius 3 is 2.60 bits per heavy atom. The standard InChI is InChI=1S/C24H25BrN2O2S/c1-24(2,3)14-6-9-16-19(12-14)30-23-20(16)22(28)26-21(27-23)18-11-10-17(29-18)13-4-7-15(25)8-5-13/h4-5,7-8,10-11,14,21,27H,6,9,12H2,1-3H3,(H,26,28)/t14-,21+/m0/s1. The Labute approximate surface area is 189 Å². The summed E-state index contributed by atoms with van der Waals surface area (Å²) in [6, 6.07) is 11.9. The Balaban J connectivity index is 1.41. The molecule has 5 rings (SSSR count).